The molecule has 2 N–H and O–H groups in total. The van der Waals surface area contributed by atoms with Crippen molar-refractivity contribution >= 4 is 18.3 Å². The number of carbonyl (C=O) groups is 1. The summed E-state index contributed by atoms with van der Waals surface area (Å²) < 4.78 is 13.2. The van der Waals surface area contributed by atoms with Crippen molar-refractivity contribution in [2.45, 2.75) is 32.2 Å². The van der Waals surface area contributed by atoms with Crippen LogP contribution in [0.15, 0.2) is 24.3 Å². The molecule has 0 saturated carbocycles. The van der Waals surface area contributed by atoms with Gasteiger partial charge in [-0.15, -0.1) is 12.4 Å². The van der Waals surface area contributed by atoms with Crippen LogP contribution in [0.2, 0.25) is 0 Å². The van der Waals surface area contributed by atoms with Crippen molar-refractivity contribution < 1.29 is 9.18 Å². The minimum atomic E-state index is -0.329. The molecule has 0 bridgehead atoms. The summed E-state index contributed by atoms with van der Waals surface area (Å²) in [6.07, 6.45) is 1.07. The predicted molar refractivity (Wildman–Crippen MR) is 80.6 cm³/mol. The largest absolute Gasteiger partial charge is 0.351 e. The third kappa shape index (κ3) is 4.18. The van der Waals surface area contributed by atoms with E-state index in [9.17, 15) is 9.18 Å². The Kier molecular flexibility index (Phi) is 6.43. The van der Waals surface area contributed by atoms with E-state index in [1.54, 1.807) is 12.1 Å². The maximum atomic E-state index is 13.2. The molecule has 2 rings (SSSR count). The second-order valence-electron chi connectivity index (χ2n) is 5.36. The topological polar surface area (TPSA) is 41.1 Å². The number of hydrogen-bond donors (Lipinski definition) is 2. The Morgan fingerprint density at radius 1 is 1.50 bits per heavy atom. The zero-order chi connectivity index (χ0) is 13.8. The lowest BCUT2D eigenvalue weighted by Gasteiger charge is -2.31. The van der Waals surface area contributed by atoms with E-state index in [-0.39, 0.29) is 36.1 Å². The molecule has 1 aliphatic heterocycles. The maximum Gasteiger partial charge on any atom is 0.227 e. The van der Waals surface area contributed by atoms with Gasteiger partial charge < -0.3 is 10.6 Å². The van der Waals surface area contributed by atoms with Gasteiger partial charge in [0.25, 0.3) is 0 Å². The van der Waals surface area contributed by atoms with Gasteiger partial charge >= 0.3 is 0 Å². The minimum Gasteiger partial charge on any atom is -0.351 e. The molecule has 0 spiro atoms. The molecule has 1 aromatic carbocycles. The molecule has 20 heavy (non-hydrogen) atoms. The van der Waals surface area contributed by atoms with Gasteiger partial charge in [-0.05, 0) is 43.5 Å². The number of piperidine rings is 1. The lowest BCUT2D eigenvalue weighted by molar-refractivity contribution is -0.123. The summed E-state index contributed by atoms with van der Waals surface area (Å²) in [4.78, 5) is 12.2. The number of carbonyl (C=O) groups excluding carboxylic acids is 1. The van der Waals surface area contributed by atoms with Crippen molar-refractivity contribution in [3.8, 4) is 0 Å². The molecule has 3 nitrogen and oxygen atoms in total. The third-order valence-electron chi connectivity index (χ3n) is 3.90. The first-order valence-corrected chi connectivity index (χ1v) is 6.84. The van der Waals surface area contributed by atoms with Gasteiger partial charge in [-0.2, -0.15) is 0 Å². The van der Waals surface area contributed by atoms with Crippen LogP contribution in [0.1, 0.15) is 31.7 Å². The SMILES string of the molecule is CC(C(=O)NC1CNCCC1C)c1cccc(F)c1.Cl. The molecule has 0 aromatic heterocycles. The van der Waals surface area contributed by atoms with Gasteiger partial charge in [-0.3, -0.25) is 4.79 Å². The number of nitrogens with one attached hydrogen (secondary N) is 2. The first kappa shape index (κ1) is 16.9. The molecule has 5 heteroatoms. The lowest BCUT2D eigenvalue weighted by Crippen LogP contribution is -2.51. The van der Waals surface area contributed by atoms with Gasteiger partial charge in [0.1, 0.15) is 5.82 Å². The van der Waals surface area contributed by atoms with Crippen LogP contribution in [0.25, 0.3) is 0 Å². The molecule has 1 amide bonds. The molecule has 3 unspecified atom stereocenters. The monoisotopic (exact) mass is 300 g/mol. The summed E-state index contributed by atoms with van der Waals surface area (Å²) in [5, 5.41) is 6.35. The molecule has 112 valence electrons. The quantitative estimate of drug-likeness (QED) is 0.900. The molecule has 1 heterocycles. The fraction of sp³-hybridized carbons (Fsp3) is 0.533. The second kappa shape index (κ2) is 7.60. The zero-order valence-electron chi connectivity index (χ0n) is 11.9. The van der Waals surface area contributed by atoms with Crippen LogP contribution in [0.4, 0.5) is 4.39 Å². The van der Waals surface area contributed by atoms with E-state index >= 15 is 0 Å². The molecule has 3 atom stereocenters. The number of amides is 1. The summed E-state index contributed by atoms with van der Waals surface area (Å²) >= 11 is 0. The van der Waals surface area contributed by atoms with E-state index in [1.165, 1.54) is 12.1 Å². The Morgan fingerprint density at radius 3 is 2.90 bits per heavy atom. The number of hydrogen-bond acceptors (Lipinski definition) is 2. The van der Waals surface area contributed by atoms with E-state index in [0.29, 0.717) is 11.5 Å². The normalized spacial score (nSPS) is 23.6. The number of rotatable bonds is 3. The summed E-state index contributed by atoms with van der Waals surface area (Å²) in [5.74, 6) is -0.189. The van der Waals surface area contributed by atoms with Crippen LogP contribution in [-0.4, -0.2) is 25.0 Å². The lowest BCUT2D eigenvalue weighted by atomic mass is 9.93. The highest BCUT2D eigenvalue weighted by molar-refractivity contribution is 5.85. The Bertz CT molecular complexity index is 455. The van der Waals surface area contributed by atoms with Gasteiger partial charge in [0.15, 0.2) is 0 Å². The molecule has 1 saturated heterocycles. The summed E-state index contributed by atoms with van der Waals surface area (Å²) in [7, 11) is 0. The van der Waals surface area contributed by atoms with Crippen molar-refractivity contribution in [3.05, 3.63) is 35.6 Å². The van der Waals surface area contributed by atoms with Gasteiger partial charge in [-0.25, -0.2) is 4.39 Å². The molecule has 1 aliphatic rings. The van der Waals surface area contributed by atoms with Crippen LogP contribution in [-0.2, 0) is 4.79 Å². The van der Waals surface area contributed by atoms with Crippen molar-refractivity contribution in [2.24, 2.45) is 5.92 Å². The molecule has 1 aromatic rings. The van der Waals surface area contributed by atoms with Crippen LogP contribution in [0.3, 0.4) is 0 Å². The summed E-state index contributed by atoms with van der Waals surface area (Å²) in [6, 6.07) is 6.40. The molecule has 1 fully saturated rings. The first-order chi connectivity index (χ1) is 9.08. The van der Waals surface area contributed by atoms with Crippen LogP contribution in [0, 0.1) is 11.7 Å². The van der Waals surface area contributed by atoms with Crippen LogP contribution >= 0.6 is 12.4 Å². The number of halogens is 2. The average molecular weight is 301 g/mol. The van der Waals surface area contributed by atoms with Gasteiger partial charge in [-0.1, -0.05) is 19.1 Å². The highest BCUT2D eigenvalue weighted by Crippen LogP contribution is 2.18. The van der Waals surface area contributed by atoms with Crippen LogP contribution < -0.4 is 10.6 Å². The highest BCUT2D eigenvalue weighted by atomic mass is 35.5. The second-order valence-corrected chi connectivity index (χ2v) is 5.36. The molecular weight excluding hydrogens is 279 g/mol. The predicted octanol–water partition coefficient (Wildman–Crippen LogP) is 2.47. The Hall–Kier alpha value is -1.13. The molecular formula is C15H22ClFN2O. The molecule has 0 aliphatic carbocycles. The van der Waals surface area contributed by atoms with E-state index < -0.39 is 0 Å². The average Bonchev–Trinajstić information content (AvgIpc) is 2.40. The van der Waals surface area contributed by atoms with Gasteiger partial charge in [0, 0.05) is 12.6 Å². The van der Waals surface area contributed by atoms with E-state index in [1.807, 2.05) is 6.92 Å². The summed E-state index contributed by atoms with van der Waals surface area (Å²) in [6.45, 7) is 5.78. The van der Waals surface area contributed by atoms with E-state index in [0.717, 1.165) is 19.5 Å². The molecule has 0 radical (unpaired) electrons. The first-order valence-electron chi connectivity index (χ1n) is 6.84. The smallest absolute Gasteiger partial charge is 0.227 e. The third-order valence-corrected chi connectivity index (χ3v) is 3.90. The summed E-state index contributed by atoms with van der Waals surface area (Å²) in [5.41, 5.74) is 0.717. The van der Waals surface area contributed by atoms with Crippen molar-refractivity contribution in [3.63, 3.8) is 0 Å². The van der Waals surface area contributed by atoms with E-state index in [4.69, 9.17) is 0 Å². The fourth-order valence-corrected chi connectivity index (χ4v) is 2.42. The van der Waals surface area contributed by atoms with Gasteiger partial charge in [0.2, 0.25) is 5.91 Å². The standard InChI is InChI=1S/C15H21FN2O.ClH/c1-10-6-7-17-9-14(10)18-15(19)11(2)12-4-3-5-13(16)8-12;/h3-5,8,10-11,14,17H,6-7,9H2,1-2H3,(H,18,19);1H. The zero-order valence-corrected chi connectivity index (χ0v) is 12.7. The maximum absolute atomic E-state index is 13.2. The van der Waals surface area contributed by atoms with Crippen molar-refractivity contribution in [1.82, 2.24) is 10.6 Å². The Morgan fingerprint density at radius 2 is 2.25 bits per heavy atom. The Balaban J connectivity index is 0.00000200. The number of benzene rings is 1. The van der Waals surface area contributed by atoms with Crippen molar-refractivity contribution in [1.29, 1.82) is 0 Å². The van der Waals surface area contributed by atoms with Crippen molar-refractivity contribution in [2.75, 3.05) is 13.1 Å². The van der Waals surface area contributed by atoms with E-state index in [2.05, 4.69) is 17.6 Å². The van der Waals surface area contributed by atoms with Gasteiger partial charge in [0.05, 0.1) is 5.92 Å². The Labute approximate surface area is 125 Å². The fourth-order valence-electron chi connectivity index (χ4n) is 2.42. The minimum absolute atomic E-state index is 0. The highest BCUT2D eigenvalue weighted by Gasteiger charge is 2.25. The van der Waals surface area contributed by atoms with Crippen LogP contribution in [0.5, 0.6) is 0 Å².